The molecular weight excluding hydrogens is 526 g/mol. The van der Waals surface area contributed by atoms with Crippen molar-refractivity contribution in [3.63, 3.8) is 0 Å². The number of phenols is 1. The van der Waals surface area contributed by atoms with Crippen molar-refractivity contribution in [2.24, 2.45) is 17.6 Å². The Morgan fingerprint density at radius 2 is 1.85 bits per heavy atom. The number of fused-ring (bicyclic) bond motifs is 3. The molecule has 3 aliphatic rings. The average Bonchev–Trinajstić information content (AvgIpc) is 2.86. The van der Waals surface area contributed by atoms with Crippen LogP contribution in [-0.4, -0.2) is 73.5 Å². The third-order valence-corrected chi connectivity index (χ3v) is 7.59. The summed E-state index contributed by atoms with van der Waals surface area (Å²) >= 11 is 0. The summed E-state index contributed by atoms with van der Waals surface area (Å²) in [6.45, 7) is 0. The van der Waals surface area contributed by atoms with Crippen molar-refractivity contribution < 1.29 is 34.8 Å². The van der Waals surface area contributed by atoms with E-state index in [-0.39, 0.29) is 42.1 Å². The number of amides is 1. The fourth-order valence-electron chi connectivity index (χ4n) is 5.93. The van der Waals surface area contributed by atoms with Crippen LogP contribution >= 0.6 is 12.4 Å². The monoisotopic (exact) mass is 551 g/mol. The number of pyridine rings is 1. The zero-order chi connectivity index (χ0) is 27.5. The molecule has 1 saturated carbocycles. The topological polar surface area (TPSA) is 174 Å². The van der Waals surface area contributed by atoms with Crippen LogP contribution in [0.4, 0.5) is 0 Å². The van der Waals surface area contributed by atoms with Crippen molar-refractivity contribution in [3.8, 4) is 17.6 Å². The molecule has 39 heavy (non-hydrogen) atoms. The molecule has 0 saturated heterocycles. The number of carbonyl (C=O) groups excluding carboxylic acids is 3. The number of aromatic nitrogens is 1. The Morgan fingerprint density at radius 1 is 1.13 bits per heavy atom. The van der Waals surface area contributed by atoms with Crippen LogP contribution in [0.1, 0.15) is 28.8 Å². The molecule has 0 unspecified atom stereocenters. The molecule has 5 rings (SSSR count). The number of Topliss-reactive ketones (excluding diaryl/α,β-unsaturated/α-hetero) is 2. The number of aromatic hydroxyl groups is 1. The molecule has 1 amide bonds. The molecule has 202 valence electrons. The maximum atomic E-state index is 13.8. The fraction of sp³-hybridized carbons (Fsp3) is 0.286. The molecule has 4 atom stereocenters. The molecule has 1 heterocycles. The zero-order valence-corrected chi connectivity index (χ0v) is 21.8. The highest BCUT2D eigenvalue weighted by Crippen LogP contribution is 2.52. The minimum Gasteiger partial charge on any atom is -0.508 e. The average molecular weight is 552 g/mol. The Bertz CT molecular complexity index is 1540. The maximum absolute atomic E-state index is 13.8. The number of likely N-dealkylation sites (N-methyl/N-ethyl adjacent to an activating group) is 1. The summed E-state index contributed by atoms with van der Waals surface area (Å²) in [7, 11) is 3.10. The van der Waals surface area contributed by atoms with Gasteiger partial charge in [-0.25, -0.2) is 4.98 Å². The highest BCUT2D eigenvalue weighted by molar-refractivity contribution is 6.24. The first-order chi connectivity index (χ1) is 18.0. The maximum Gasteiger partial charge on any atom is 0.255 e. The van der Waals surface area contributed by atoms with Crippen LogP contribution < -0.4 is 5.73 Å². The lowest BCUT2D eigenvalue weighted by Crippen LogP contribution is -2.65. The van der Waals surface area contributed by atoms with Crippen molar-refractivity contribution in [2.75, 3.05) is 14.1 Å². The summed E-state index contributed by atoms with van der Waals surface area (Å²) in [4.78, 5) is 44.7. The number of nitrogens with two attached hydrogens (primary N) is 1. The lowest BCUT2D eigenvalue weighted by molar-refractivity contribution is -0.153. The van der Waals surface area contributed by atoms with Crippen molar-refractivity contribution in [1.29, 1.82) is 0 Å². The molecule has 6 N–H and O–H groups in total. The molecule has 10 nitrogen and oxygen atoms in total. The van der Waals surface area contributed by atoms with Crippen LogP contribution in [0.25, 0.3) is 5.76 Å². The van der Waals surface area contributed by atoms with Crippen LogP contribution in [-0.2, 0) is 20.8 Å². The standard InChI is InChI=1S/C28H25N3O7.ClH/c1-31(2)22-17-12-14-11-16-13(6-8-15-5-3-4-10-30-15)7-9-18(32)20(16)23(33)19(14)25(35)28(17,38)26(36)21(24(22)34)27(29)37;/h3-5,7,9-10,14,17,22,32-33,36,38H,11-12H2,1-2H3,(H2,29,37);1H/t14-,17-,22-,28-;/m0./s1. The van der Waals surface area contributed by atoms with Crippen molar-refractivity contribution in [3.05, 3.63) is 75.8 Å². The van der Waals surface area contributed by atoms with Gasteiger partial charge in [0.15, 0.2) is 11.4 Å². The molecule has 3 aliphatic carbocycles. The SMILES string of the molecule is CN(C)[C@@H]1C(=O)C(C(N)=O)=C(O)[C@@]2(O)C(=O)C3=C(O)c4c(O)ccc(C#Cc5ccccn5)c4C[C@H]3C[C@@H]12.Cl. The van der Waals surface area contributed by atoms with Crippen LogP contribution in [0.15, 0.2) is 53.4 Å². The molecule has 1 fully saturated rings. The summed E-state index contributed by atoms with van der Waals surface area (Å²) in [6.07, 6.45) is 1.77. The number of hydrogen-bond donors (Lipinski definition) is 5. The van der Waals surface area contributed by atoms with Crippen LogP contribution in [0.2, 0.25) is 0 Å². The third kappa shape index (κ3) is 4.06. The van der Waals surface area contributed by atoms with Crippen molar-refractivity contribution in [1.82, 2.24) is 9.88 Å². The van der Waals surface area contributed by atoms with Crippen molar-refractivity contribution in [2.45, 2.75) is 24.5 Å². The van der Waals surface area contributed by atoms with Crippen LogP contribution in [0, 0.1) is 23.7 Å². The van der Waals surface area contributed by atoms with Crippen LogP contribution in [0.3, 0.4) is 0 Å². The van der Waals surface area contributed by atoms with Gasteiger partial charge >= 0.3 is 0 Å². The first-order valence-corrected chi connectivity index (χ1v) is 11.9. The summed E-state index contributed by atoms with van der Waals surface area (Å²) in [5.41, 5.74) is 3.13. The Labute approximate surface area is 229 Å². The quantitative estimate of drug-likeness (QED) is 0.271. The van der Waals surface area contributed by atoms with Gasteiger partial charge in [0.05, 0.1) is 11.6 Å². The first kappa shape index (κ1) is 27.9. The van der Waals surface area contributed by atoms with E-state index < -0.39 is 58.0 Å². The largest absolute Gasteiger partial charge is 0.508 e. The molecule has 0 bridgehead atoms. The van der Waals surface area contributed by atoms with Gasteiger partial charge in [0.25, 0.3) is 5.91 Å². The first-order valence-electron chi connectivity index (χ1n) is 11.9. The number of nitrogens with zero attached hydrogens (tertiary/aromatic N) is 2. The number of ketones is 2. The number of hydrogen-bond acceptors (Lipinski definition) is 9. The molecule has 0 spiro atoms. The Morgan fingerprint density at radius 3 is 2.46 bits per heavy atom. The number of phenolic OH excluding ortho intramolecular Hbond substituents is 1. The second kappa shape index (κ2) is 9.85. The Balaban J connectivity index is 0.00000353. The Kier molecular flexibility index (Phi) is 7.04. The van der Waals surface area contributed by atoms with E-state index in [1.807, 2.05) is 0 Å². The molecule has 1 aromatic heterocycles. The Hall–Kier alpha value is -4.17. The molecule has 11 heteroatoms. The van der Waals surface area contributed by atoms with Gasteiger partial charge in [-0.2, -0.15) is 0 Å². The third-order valence-electron chi connectivity index (χ3n) is 7.59. The van der Waals surface area contributed by atoms with Gasteiger partial charge in [0, 0.05) is 23.3 Å². The number of aliphatic hydroxyl groups is 3. The molecular formula is C28H26ClN3O7. The number of rotatable bonds is 2. The number of carbonyl (C=O) groups is 3. The second-order valence-corrected chi connectivity index (χ2v) is 9.91. The van der Waals surface area contributed by atoms with Crippen molar-refractivity contribution >= 4 is 35.6 Å². The highest BCUT2D eigenvalue weighted by atomic mass is 35.5. The minimum absolute atomic E-state index is 0. The summed E-state index contributed by atoms with van der Waals surface area (Å²) in [6, 6.07) is 7.09. The number of halogens is 1. The lowest BCUT2D eigenvalue weighted by Gasteiger charge is -2.50. The zero-order valence-electron chi connectivity index (χ0n) is 21.0. The van der Waals surface area contributed by atoms with Gasteiger partial charge in [-0.15, -0.1) is 12.4 Å². The molecule has 0 radical (unpaired) electrons. The number of primary amides is 1. The predicted octanol–water partition coefficient (Wildman–Crippen LogP) is 1.18. The normalized spacial score (nSPS) is 25.7. The summed E-state index contributed by atoms with van der Waals surface area (Å²) < 4.78 is 0. The van der Waals surface area contributed by atoms with Gasteiger partial charge in [-0.3, -0.25) is 19.3 Å². The van der Waals surface area contributed by atoms with Gasteiger partial charge in [0.2, 0.25) is 5.78 Å². The van der Waals surface area contributed by atoms with Gasteiger partial charge in [0.1, 0.15) is 28.5 Å². The van der Waals surface area contributed by atoms with E-state index >= 15 is 0 Å². The highest BCUT2D eigenvalue weighted by Gasteiger charge is 2.64. The van der Waals surface area contributed by atoms with E-state index in [1.54, 1.807) is 44.6 Å². The predicted molar refractivity (Wildman–Crippen MR) is 142 cm³/mol. The van der Waals surface area contributed by atoms with E-state index in [0.29, 0.717) is 16.8 Å². The van der Waals surface area contributed by atoms with Gasteiger partial charge < -0.3 is 26.2 Å². The van der Waals surface area contributed by atoms with E-state index in [1.165, 1.54) is 11.0 Å². The molecule has 1 aromatic carbocycles. The van der Waals surface area contributed by atoms with Gasteiger partial charge in [-0.1, -0.05) is 12.0 Å². The smallest absolute Gasteiger partial charge is 0.255 e. The summed E-state index contributed by atoms with van der Waals surface area (Å²) in [5, 5.41) is 44.4. The van der Waals surface area contributed by atoms with Crippen LogP contribution in [0.5, 0.6) is 5.75 Å². The van der Waals surface area contributed by atoms with E-state index in [2.05, 4.69) is 16.8 Å². The van der Waals surface area contributed by atoms with E-state index in [4.69, 9.17) is 5.73 Å². The van der Waals surface area contributed by atoms with Gasteiger partial charge in [-0.05, 0) is 68.6 Å². The minimum atomic E-state index is -2.67. The summed E-state index contributed by atoms with van der Waals surface area (Å²) in [5.74, 6) is -0.943. The lowest BCUT2D eigenvalue weighted by atomic mass is 9.57. The molecule has 0 aliphatic heterocycles. The number of benzene rings is 1. The van der Waals surface area contributed by atoms with E-state index in [9.17, 15) is 34.8 Å². The van der Waals surface area contributed by atoms with E-state index in [0.717, 1.165) is 0 Å². The number of aliphatic hydroxyl groups excluding tert-OH is 2. The fourth-order valence-corrected chi connectivity index (χ4v) is 5.93. The molecule has 2 aromatic rings. The second-order valence-electron chi connectivity index (χ2n) is 9.91.